The van der Waals surface area contributed by atoms with Crippen LogP contribution in [0.1, 0.15) is 13.8 Å². The van der Waals surface area contributed by atoms with Crippen LogP contribution >= 0.6 is 0 Å². The van der Waals surface area contributed by atoms with E-state index >= 15 is 0 Å². The van der Waals surface area contributed by atoms with Gasteiger partial charge in [0.25, 0.3) is 0 Å². The lowest BCUT2D eigenvalue weighted by Crippen LogP contribution is -2.18. The normalized spacial score (nSPS) is 11.0. The molecule has 3 heteroatoms. The third kappa shape index (κ3) is 5.04. The van der Waals surface area contributed by atoms with Crippen LogP contribution in [0.25, 0.3) is 0 Å². The standard InChI is InChI=1S/C8H10O3/c1-4-8(2,3)11-6-5-7(9)10/h1,5-6H,2-3H3,(H,9,10). The molecule has 0 aliphatic carbocycles. The summed E-state index contributed by atoms with van der Waals surface area (Å²) in [5, 5.41) is 8.16. The van der Waals surface area contributed by atoms with Crippen LogP contribution in [0, 0.1) is 12.3 Å². The summed E-state index contributed by atoms with van der Waals surface area (Å²) in [5.74, 6) is 1.29. The summed E-state index contributed by atoms with van der Waals surface area (Å²) < 4.78 is 4.89. The lowest BCUT2D eigenvalue weighted by Gasteiger charge is -2.15. The number of ether oxygens (including phenoxy) is 1. The van der Waals surface area contributed by atoms with Gasteiger partial charge >= 0.3 is 5.97 Å². The van der Waals surface area contributed by atoms with Crippen LogP contribution in [-0.4, -0.2) is 16.7 Å². The number of terminal acetylenes is 1. The van der Waals surface area contributed by atoms with Crippen LogP contribution in [0.15, 0.2) is 12.3 Å². The Morgan fingerprint density at radius 1 is 1.73 bits per heavy atom. The van der Waals surface area contributed by atoms with E-state index in [1.54, 1.807) is 13.8 Å². The molecule has 0 bridgehead atoms. The Bertz CT molecular complexity index is 208. The zero-order valence-corrected chi connectivity index (χ0v) is 6.50. The third-order valence-corrected chi connectivity index (χ3v) is 0.921. The second-order valence-electron chi connectivity index (χ2n) is 2.41. The summed E-state index contributed by atoms with van der Waals surface area (Å²) in [5.41, 5.74) is -0.744. The maximum absolute atomic E-state index is 9.96. The largest absolute Gasteiger partial charge is 0.483 e. The summed E-state index contributed by atoms with van der Waals surface area (Å²) in [4.78, 5) is 9.96. The lowest BCUT2D eigenvalue weighted by molar-refractivity contribution is -0.131. The SMILES string of the molecule is C#CC(C)(C)OC=CC(=O)O. The predicted molar refractivity (Wildman–Crippen MR) is 40.8 cm³/mol. The molecule has 0 aromatic carbocycles. The van der Waals surface area contributed by atoms with Gasteiger partial charge in [0, 0.05) is 0 Å². The van der Waals surface area contributed by atoms with Crippen molar-refractivity contribution < 1.29 is 14.6 Å². The van der Waals surface area contributed by atoms with Crippen molar-refractivity contribution in [1.82, 2.24) is 0 Å². The highest BCUT2D eigenvalue weighted by Gasteiger charge is 2.11. The van der Waals surface area contributed by atoms with E-state index in [0.717, 1.165) is 12.3 Å². The average Bonchev–Trinajstić information content (AvgIpc) is 1.87. The molecule has 0 aliphatic rings. The number of carboxylic acids is 1. The molecule has 0 aromatic heterocycles. The molecule has 0 atom stereocenters. The Morgan fingerprint density at radius 2 is 2.27 bits per heavy atom. The molecule has 0 spiro atoms. The van der Waals surface area contributed by atoms with E-state index < -0.39 is 11.6 Å². The van der Waals surface area contributed by atoms with Crippen LogP contribution in [0.3, 0.4) is 0 Å². The number of carbonyl (C=O) groups is 1. The van der Waals surface area contributed by atoms with Gasteiger partial charge in [0.05, 0.1) is 12.3 Å². The zero-order valence-electron chi connectivity index (χ0n) is 6.50. The van der Waals surface area contributed by atoms with Crippen molar-refractivity contribution in [2.75, 3.05) is 0 Å². The molecule has 3 nitrogen and oxygen atoms in total. The fraction of sp³-hybridized carbons (Fsp3) is 0.375. The molecule has 0 fully saturated rings. The van der Waals surface area contributed by atoms with E-state index in [-0.39, 0.29) is 0 Å². The van der Waals surface area contributed by atoms with Crippen molar-refractivity contribution in [3.63, 3.8) is 0 Å². The Labute approximate surface area is 65.7 Å². The topological polar surface area (TPSA) is 46.5 Å². The van der Waals surface area contributed by atoms with Gasteiger partial charge in [-0.05, 0) is 13.8 Å². The minimum Gasteiger partial charge on any atom is -0.483 e. The molecule has 0 amide bonds. The summed E-state index contributed by atoms with van der Waals surface area (Å²) >= 11 is 0. The van der Waals surface area contributed by atoms with E-state index in [9.17, 15) is 4.79 Å². The van der Waals surface area contributed by atoms with E-state index in [0.29, 0.717) is 0 Å². The van der Waals surface area contributed by atoms with Gasteiger partial charge in [-0.15, -0.1) is 6.42 Å². The van der Waals surface area contributed by atoms with Gasteiger partial charge in [0.1, 0.15) is 0 Å². The van der Waals surface area contributed by atoms with Gasteiger partial charge in [-0.3, -0.25) is 0 Å². The fourth-order valence-corrected chi connectivity index (χ4v) is 0.296. The Balaban J connectivity index is 3.90. The van der Waals surface area contributed by atoms with Crippen molar-refractivity contribution in [2.45, 2.75) is 19.4 Å². The highest BCUT2D eigenvalue weighted by molar-refractivity contribution is 5.79. The molecule has 11 heavy (non-hydrogen) atoms. The number of carboxylic acid groups (broad SMARTS) is 1. The van der Waals surface area contributed by atoms with Gasteiger partial charge in [-0.1, -0.05) is 5.92 Å². The molecule has 0 heterocycles. The van der Waals surface area contributed by atoms with Gasteiger partial charge in [0.15, 0.2) is 5.60 Å². The maximum Gasteiger partial charge on any atom is 0.331 e. The van der Waals surface area contributed by atoms with Gasteiger partial charge in [0.2, 0.25) is 0 Å². The first-order valence-electron chi connectivity index (χ1n) is 3.03. The molecule has 0 aromatic rings. The first kappa shape index (κ1) is 9.57. The van der Waals surface area contributed by atoms with Crippen molar-refractivity contribution in [1.29, 1.82) is 0 Å². The van der Waals surface area contributed by atoms with E-state index in [1.165, 1.54) is 0 Å². The molecule has 60 valence electrons. The minimum absolute atomic E-state index is 0.744. The average molecular weight is 154 g/mol. The van der Waals surface area contributed by atoms with Gasteiger partial charge < -0.3 is 9.84 Å². The molecular formula is C8H10O3. The van der Waals surface area contributed by atoms with E-state index in [4.69, 9.17) is 16.3 Å². The molecule has 0 saturated carbocycles. The molecule has 1 N–H and O–H groups in total. The Kier molecular flexibility index (Phi) is 3.19. The summed E-state index contributed by atoms with van der Waals surface area (Å²) in [6, 6.07) is 0. The number of rotatable bonds is 3. The van der Waals surface area contributed by atoms with Crippen LogP contribution in [0.5, 0.6) is 0 Å². The Hall–Kier alpha value is -1.43. The van der Waals surface area contributed by atoms with Gasteiger partial charge in [-0.2, -0.15) is 0 Å². The summed E-state index contributed by atoms with van der Waals surface area (Å²) in [7, 11) is 0. The monoisotopic (exact) mass is 154 g/mol. The fourth-order valence-electron chi connectivity index (χ4n) is 0.296. The first-order chi connectivity index (χ1) is 4.98. The third-order valence-electron chi connectivity index (χ3n) is 0.921. The van der Waals surface area contributed by atoms with Crippen LogP contribution in [-0.2, 0) is 9.53 Å². The lowest BCUT2D eigenvalue weighted by atomic mass is 10.2. The second-order valence-corrected chi connectivity index (χ2v) is 2.41. The number of hydrogen-bond donors (Lipinski definition) is 1. The van der Waals surface area contributed by atoms with Crippen LogP contribution < -0.4 is 0 Å². The van der Waals surface area contributed by atoms with Crippen molar-refractivity contribution in [3.8, 4) is 12.3 Å². The highest BCUT2D eigenvalue weighted by Crippen LogP contribution is 2.06. The minimum atomic E-state index is -1.06. The second kappa shape index (κ2) is 3.67. The molecule has 0 unspecified atom stereocenters. The van der Waals surface area contributed by atoms with Crippen LogP contribution in [0.2, 0.25) is 0 Å². The van der Waals surface area contributed by atoms with Crippen LogP contribution in [0.4, 0.5) is 0 Å². The predicted octanol–water partition coefficient (Wildman–Crippen LogP) is 1.01. The highest BCUT2D eigenvalue weighted by atomic mass is 16.5. The quantitative estimate of drug-likeness (QED) is 0.375. The molecule has 0 radical (unpaired) electrons. The zero-order chi connectivity index (χ0) is 8.91. The number of aliphatic carboxylic acids is 1. The van der Waals surface area contributed by atoms with Gasteiger partial charge in [-0.25, -0.2) is 4.79 Å². The number of hydrogen-bond acceptors (Lipinski definition) is 2. The molecule has 0 saturated heterocycles. The molecular weight excluding hydrogens is 144 g/mol. The Morgan fingerprint density at radius 3 is 2.64 bits per heavy atom. The first-order valence-corrected chi connectivity index (χ1v) is 3.03. The molecule has 0 aliphatic heterocycles. The van der Waals surface area contributed by atoms with E-state index in [2.05, 4.69) is 5.92 Å². The van der Waals surface area contributed by atoms with E-state index in [1.807, 2.05) is 0 Å². The van der Waals surface area contributed by atoms with Crippen molar-refractivity contribution >= 4 is 5.97 Å². The molecule has 0 rings (SSSR count). The van der Waals surface area contributed by atoms with Crippen molar-refractivity contribution in [2.24, 2.45) is 0 Å². The summed E-state index contributed by atoms with van der Waals surface area (Å²) in [6.07, 6.45) is 7.03. The van der Waals surface area contributed by atoms with Crippen molar-refractivity contribution in [3.05, 3.63) is 12.3 Å². The summed E-state index contributed by atoms with van der Waals surface area (Å²) in [6.45, 7) is 3.33. The maximum atomic E-state index is 9.96. The smallest absolute Gasteiger partial charge is 0.331 e.